The molecule has 92 valence electrons. The van der Waals surface area contributed by atoms with Gasteiger partial charge in [0.15, 0.2) is 0 Å². The van der Waals surface area contributed by atoms with E-state index in [0.29, 0.717) is 16.5 Å². The molecule has 1 aromatic rings. The molecule has 17 heavy (non-hydrogen) atoms. The molecular formula is C12H15ClN2O2. The number of anilines is 1. The summed E-state index contributed by atoms with van der Waals surface area (Å²) in [6.07, 6.45) is 2.48. The van der Waals surface area contributed by atoms with Crippen molar-refractivity contribution in [3.8, 4) is 5.75 Å². The van der Waals surface area contributed by atoms with Crippen molar-refractivity contribution >= 4 is 23.2 Å². The molecule has 0 bridgehead atoms. The van der Waals surface area contributed by atoms with Crippen LogP contribution in [0.3, 0.4) is 0 Å². The van der Waals surface area contributed by atoms with Crippen LogP contribution in [0.15, 0.2) is 18.2 Å². The normalized spacial score (nSPS) is 17.1. The first kappa shape index (κ1) is 12.2. The summed E-state index contributed by atoms with van der Waals surface area (Å²) in [4.78, 5) is 11.9. The quantitative estimate of drug-likeness (QED) is 0.869. The molecule has 0 heterocycles. The zero-order valence-corrected chi connectivity index (χ0v) is 10.4. The molecular weight excluding hydrogens is 240 g/mol. The third kappa shape index (κ3) is 2.37. The van der Waals surface area contributed by atoms with Gasteiger partial charge in [0, 0.05) is 5.69 Å². The van der Waals surface area contributed by atoms with Gasteiger partial charge in [-0.2, -0.15) is 0 Å². The first-order chi connectivity index (χ1) is 8.05. The van der Waals surface area contributed by atoms with Gasteiger partial charge in [-0.3, -0.25) is 4.79 Å². The van der Waals surface area contributed by atoms with Gasteiger partial charge in [-0.1, -0.05) is 11.6 Å². The van der Waals surface area contributed by atoms with Crippen LogP contribution in [-0.4, -0.2) is 18.6 Å². The molecule has 1 saturated carbocycles. The first-order valence-corrected chi connectivity index (χ1v) is 5.87. The zero-order valence-electron chi connectivity index (χ0n) is 9.63. The van der Waals surface area contributed by atoms with Gasteiger partial charge in [0.2, 0.25) is 5.91 Å². The molecule has 1 aliphatic carbocycles. The van der Waals surface area contributed by atoms with E-state index in [0.717, 1.165) is 19.3 Å². The molecule has 2 rings (SSSR count). The number of benzene rings is 1. The second-order valence-electron chi connectivity index (χ2n) is 4.31. The second-order valence-corrected chi connectivity index (χ2v) is 4.72. The smallest absolute Gasteiger partial charge is 0.244 e. The molecule has 0 saturated heterocycles. The summed E-state index contributed by atoms with van der Waals surface area (Å²) in [6.45, 7) is 0. The predicted octanol–water partition coefficient (Wildman–Crippen LogP) is 2.17. The summed E-state index contributed by atoms with van der Waals surface area (Å²) in [5.41, 5.74) is 5.85. The Balaban J connectivity index is 2.08. The van der Waals surface area contributed by atoms with Crippen LogP contribution in [0.4, 0.5) is 5.69 Å². The van der Waals surface area contributed by atoms with Gasteiger partial charge in [0.1, 0.15) is 5.75 Å². The number of rotatable bonds is 3. The topological polar surface area (TPSA) is 64.3 Å². The SMILES string of the molecule is COc1ccc(NC(=O)C2(N)CCC2)cc1Cl. The number of methoxy groups -OCH3 is 1. The summed E-state index contributed by atoms with van der Waals surface area (Å²) < 4.78 is 5.04. The van der Waals surface area contributed by atoms with E-state index in [4.69, 9.17) is 22.1 Å². The molecule has 1 amide bonds. The van der Waals surface area contributed by atoms with Crippen LogP contribution in [0.5, 0.6) is 5.75 Å². The number of carbonyl (C=O) groups is 1. The van der Waals surface area contributed by atoms with Gasteiger partial charge in [-0.25, -0.2) is 0 Å². The number of carbonyl (C=O) groups excluding carboxylic acids is 1. The van der Waals surface area contributed by atoms with Gasteiger partial charge < -0.3 is 15.8 Å². The van der Waals surface area contributed by atoms with E-state index in [-0.39, 0.29) is 5.91 Å². The van der Waals surface area contributed by atoms with E-state index < -0.39 is 5.54 Å². The Hall–Kier alpha value is -1.26. The zero-order chi connectivity index (χ0) is 12.5. The van der Waals surface area contributed by atoms with Crippen molar-refractivity contribution < 1.29 is 9.53 Å². The molecule has 0 aliphatic heterocycles. The lowest BCUT2D eigenvalue weighted by atomic mass is 9.77. The van der Waals surface area contributed by atoms with Crippen molar-refractivity contribution in [2.75, 3.05) is 12.4 Å². The molecule has 1 aliphatic rings. The van der Waals surface area contributed by atoms with Crippen LogP contribution >= 0.6 is 11.6 Å². The molecule has 4 nitrogen and oxygen atoms in total. The van der Waals surface area contributed by atoms with E-state index in [1.807, 2.05) is 0 Å². The number of nitrogens with one attached hydrogen (secondary N) is 1. The highest BCUT2D eigenvalue weighted by molar-refractivity contribution is 6.32. The lowest BCUT2D eigenvalue weighted by Crippen LogP contribution is -2.56. The lowest BCUT2D eigenvalue weighted by Gasteiger charge is -2.36. The summed E-state index contributed by atoms with van der Waals surface area (Å²) in [6, 6.07) is 5.10. The van der Waals surface area contributed by atoms with Crippen LogP contribution in [0, 0.1) is 0 Å². The largest absolute Gasteiger partial charge is 0.495 e. The van der Waals surface area contributed by atoms with Gasteiger partial charge >= 0.3 is 0 Å². The lowest BCUT2D eigenvalue weighted by molar-refractivity contribution is -0.123. The summed E-state index contributed by atoms with van der Waals surface area (Å²) >= 11 is 5.97. The Morgan fingerprint density at radius 3 is 2.71 bits per heavy atom. The fourth-order valence-corrected chi connectivity index (χ4v) is 2.04. The van der Waals surface area contributed by atoms with Crippen molar-refractivity contribution in [3.05, 3.63) is 23.2 Å². The maximum absolute atomic E-state index is 11.9. The van der Waals surface area contributed by atoms with E-state index >= 15 is 0 Å². The molecule has 0 atom stereocenters. The highest BCUT2D eigenvalue weighted by atomic mass is 35.5. The maximum Gasteiger partial charge on any atom is 0.244 e. The summed E-state index contributed by atoms with van der Waals surface area (Å²) in [5, 5.41) is 3.24. The Kier molecular flexibility index (Phi) is 3.26. The molecule has 1 fully saturated rings. The van der Waals surface area contributed by atoms with E-state index in [1.165, 1.54) is 0 Å². The monoisotopic (exact) mass is 254 g/mol. The molecule has 1 aromatic carbocycles. The Bertz CT molecular complexity index is 444. The number of halogens is 1. The van der Waals surface area contributed by atoms with Crippen molar-refractivity contribution in [3.63, 3.8) is 0 Å². The van der Waals surface area contributed by atoms with Gasteiger partial charge in [-0.15, -0.1) is 0 Å². The van der Waals surface area contributed by atoms with Crippen LogP contribution in [0.2, 0.25) is 5.02 Å². The third-order valence-corrected chi connectivity index (χ3v) is 3.40. The van der Waals surface area contributed by atoms with Crippen LogP contribution < -0.4 is 15.8 Å². The van der Waals surface area contributed by atoms with Crippen LogP contribution in [-0.2, 0) is 4.79 Å². The Labute approximate surface area is 105 Å². The average molecular weight is 255 g/mol. The maximum atomic E-state index is 11.9. The van der Waals surface area contributed by atoms with E-state index in [1.54, 1.807) is 25.3 Å². The highest BCUT2D eigenvalue weighted by Gasteiger charge is 2.40. The number of nitrogens with two attached hydrogens (primary N) is 1. The molecule has 3 N–H and O–H groups in total. The summed E-state index contributed by atoms with van der Waals surface area (Å²) in [7, 11) is 1.54. The molecule has 5 heteroatoms. The predicted molar refractivity (Wildman–Crippen MR) is 67.4 cm³/mol. The highest BCUT2D eigenvalue weighted by Crippen LogP contribution is 2.32. The van der Waals surface area contributed by atoms with Crippen LogP contribution in [0.25, 0.3) is 0 Å². The van der Waals surface area contributed by atoms with Crippen molar-refractivity contribution in [1.82, 2.24) is 0 Å². The third-order valence-electron chi connectivity index (χ3n) is 3.11. The van der Waals surface area contributed by atoms with Crippen molar-refractivity contribution in [2.45, 2.75) is 24.8 Å². The summed E-state index contributed by atoms with van der Waals surface area (Å²) in [5.74, 6) is 0.431. The molecule has 0 spiro atoms. The number of hydrogen-bond acceptors (Lipinski definition) is 3. The Morgan fingerprint density at radius 1 is 1.53 bits per heavy atom. The van der Waals surface area contributed by atoms with Crippen LogP contribution in [0.1, 0.15) is 19.3 Å². The number of amides is 1. The van der Waals surface area contributed by atoms with Crippen molar-refractivity contribution in [1.29, 1.82) is 0 Å². The number of hydrogen-bond donors (Lipinski definition) is 2. The second kappa shape index (κ2) is 4.55. The fraction of sp³-hybridized carbons (Fsp3) is 0.417. The molecule has 0 unspecified atom stereocenters. The van der Waals surface area contributed by atoms with Gasteiger partial charge in [-0.05, 0) is 37.5 Å². The molecule has 0 aromatic heterocycles. The first-order valence-electron chi connectivity index (χ1n) is 5.49. The van der Waals surface area contributed by atoms with E-state index in [9.17, 15) is 4.79 Å². The minimum Gasteiger partial charge on any atom is -0.495 e. The van der Waals surface area contributed by atoms with Gasteiger partial charge in [0.05, 0.1) is 17.7 Å². The van der Waals surface area contributed by atoms with Gasteiger partial charge in [0.25, 0.3) is 0 Å². The van der Waals surface area contributed by atoms with Crippen molar-refractivity contribution in [2.24, 2.45) is 5.73 Å². The van der Waals surface area contributed by atoms with E-state index in [2.05, 4.69) is 5.32 Å². The fourth-order valence-electron chi connectivity index (χ4n) is 1.78. The molecule has 0 radical (unpaired) electrons. The Morgan fingerprint density at radius 2 is 2.24 bits per heavy atom. The average Bonchev–Trinajstić information content (AvgIpc) is 2.26. The number of ether oxygens (including phenoxy) is 1. The minimum absolute atomic E-state index is 0.148. The standard InChI is InChI=1S/C12H15ClN2O2/c1-17-10-4-3-8(7-9(10)13)15-11(16)12(14)5-2-6-12/h3-4,7H,2,5-6,14H2,1H3,(H,15,16). The minimum atomic E-state index is -0.702.